The smallest absolute Gasteiger partial charge is 0.301 e. The van der Waals surface area contributed by atoms with Crippen molar-refractivity contribution >= 4 is 55.9 Å². The van der Waals surface area contributed by atoms with Gasteiger partial charge in [0.25, 0.3) is 11.5 Å². The second kappa shape index (κ2) is 18.6. The molecule has 0 saturated carbocycles. The number of hydrogen-bond acceptors (Lipinski definition) is 11. The fourth-order valence-electron chi connectivity index (χ4n) is 10.2. The Morgan fingerprint density at radius 3 is 2.28 bits per heavy atom. The number of alkyl halides is 1. The maximum absolute atomic E-state index is 15.3. The number of imide groups is 1. The summed E-state index contributed by atoms with van der Waals surface area (Å²) in [6.45, 7) is 8.41. The summed E-state index contributed by atoms with van der Waals surface area (Å²) in [6.07, 6.45) is 3.27. The van der Waals surface area contributed by atoms with Crippen LogP contribution in [0.15, 0.2) is 83.9 Å². The first-order valence-electron chi connectivity index (χ1n) is 23.3. The second-order valence-electron chi connectivity index (χ2n) is 18.3. The molecule has 19 heteroatoms. The largest absolute Gasteiger partial charge is 0.454 e. The van der Waals surface area contributed by atoms with Gasteiger partial charge in [0, 0.05) is 94.4 Å². The Labute approximate surface area is 392 Å². The van der Waals surface area contributed by atoms with E-state index < -0.39 is 34.1 Å². The van der Waals surface area contributed by atoms with Crippen LogP contribution in [0.25, 0.3) is 16.6 Å². The van der Waals surface area contributed by atoms with E-state index >= 15 is 4.39 Å². The van der Waals surface area contributed by atoms with Crippen LogP contribution in [0, 0.1) is 11.7 Å². The van der Waals surface area contributed by atoms with Crippen molar-refractivity contribution in [2.45, 2.75) is 64.2 Å². The number of benzene rings is 4. The second-order valence-corrected chi connectivity index (χ2v) is 20.0. The highest BCUT2D eigenvalue weighted by Crippen LogP contribution is 2.37. The molecule has 5 aliphatic heterocycles. The Balaban J connectivity index is 0.732. The molecule has 6 heterocycles. The van der Waals surface area contributed by atoms with Gasteiger partial charge in [-0.25, -0.2) is 13.8 Å². The SMILES string of the molecule is CCc1c(NS(=O)(=O)N2CC[C@@H](F)C2)ccc(F)c1Oc1ccc2ncn(-c3ccc(N4CCN(CC5CCN(c6ccc7c(c6)CN(C6CCC(=O)NC6=O)C7=O)CC5)CC4)cc3)c(=O)c2c1. The van der Waals surface area contributed by atoms with Crippen molar-refractivity contribution in [1.29, 1.82) is 0 Å². The van der Waals surface area contributed by atoms with E-state index in [1.807, 2.05) is 36.4 Å². The van der Waals surface area contributed by atoms with Gasteiger partial charge >= 0.3 is 10.2 Å². The topological polar surface area (TPSA) is 170 Å². The molecule has 68 heavy (non-hydrogen) atoms. The van der Waals surface area contributed by atoms with E-state index in [2.05, 4.69) is 35.8 Å². The minimum atomic E-state index is -4.09. The zero-order valence-corrected chi connectivity index (χ0v) is 38.5. The summed E-state index contributed by atoms with van der Waals surface area (Å²) < 4.78 is 66.2. The zero-order chi connectivity index (χ0) is 47.3. The Kier molecular flexibility index (Phi) is 12.4. The molecule has 0 aliphatic carbocycles. The standard InChI is InChI=1S/C49H53F2N9O7S/c1-2-38-43(54-68(65,66)58-20-17-33(50)29-58)12-10-41(51)46(38)67-37-8-11-42-40(26-37)49(64)60(30-52-42)35-5-3-34(4-6-35)57-23-21-55(22-24-57)27-31-15-18-56(19-16-31)36-7-9-39-32(25-36)28-59(48(39)63)44-13-14-45(61)53-47(44)62/h3-12,25-26,30-31,33,44,54H,2,13-24,27-29H2,1H3,(H,53,61,62)/t33-,44?/m1/s1. The van der Waals surface area contributed by atoms with Gasteiger partial charge in [-0.2, -0.15) is 12.7 Å². The highest BCUT2D eigenvalue weighted by atomic mass is 32.2. The number of piperazine rings is 1. The first kappa shape index (κ1) is 45.3. The van der Waals surface area contributed by atoms with E-state index in [0.29, 0.717) is 35.7 Å². The quantitative estimate of drug-likeness (QED) is 0.154. The predicted molar refractivity (Wildman–Crippen MR) is 253 cm³/mol. The fourth-order valence-corrected chi connectivity index (χ4v) is 11.5. The van der Waals surface area contributed by atoms with E-state index in [1.54, 1.807) is 24.0 Å². The van der Waals surface area contributed by atoms with E-state index in [1.165, 1.54) is 23.0 Å². The average molecular weight is 950 g/mol. The van der Waals surface area contributed by atoms with Crippen molar-refractivity contribution in [2.75, 3.05) is 73.4 Å². The van der Waals surface area contributed by atoms with E-state index in [-0.39, 0.29) is 77.9 Å². The molecule has 356 valence electrons. The molecule has 0 radical (unpaired) electrons. The van der Waals surface area contributed by atoms with Crippen molar-refractivity contribution in [3.05, 3.63) is 112 Å². The molecule has 4 saturated heterocycles. The number of ether oxygens (including phenoxy) is 1. The van der Waals surface area contributed by atoms with Crippen LogP contribution in [-0.4, -0.2) is 121 Å². The van der Waals surface area contributed by atoms with E-state index in [4.69, 9.17) is 4.74 Å². The summed E-state index contributed by atoms with van der Waals surface area (Å²) in [4.78, 5) is 64.6. The van der Waals surface area contributed by atoms with Gasteiger partial charge in [-0.1, -0.05) is 6.92 Å². The number of nitrogens with zero attached hydrogens (tertiary/aromatic N) is 7. The normalized spacial score (nSPS) is 20.9. The average Bonchev–Trinajstić information content (AvgIpc) is 3.93. The van der Waals surface area contributed by atoms with Crippen molar-refractivity contribution in [3.8, 4) is 17.2 Å². The lowest BCUT2D eigenvalue weighted by molar-refractivity contribution is -0.136. The van der Waals surface area contributed by atoms with Crippen LogP contribution in [-0.2, 0) is 32.8 Å². The van der Waals surface area contributed by atoms with E-state index in [9.17, 15) is 32.0 Å². The number of nitrogens with one attached hydrogen (secondary N) is 2. The summed E-state index contributed by atoms with van der Waals surface area (Å²) >= 11 is 0. The number of fused-ring (bicyclic) bond motifs is 2. The molecule has 4 aromatic carbocycles. The molecule has 16 nitrogen and oxygen atoms in total. The third-order valence-electron chi connectivity index (χ3n) is 14.1. The molecule has 4 fully saturated rings. The summed E-state index contributed by atoms with van der Waals surface area (Å²) in [5.41, 5.74) is 4.79. The molecule has 2 N–H and O–H groups in total. The fraction of sp³-hybridized carbons (Fsp3) is 0.408. The third-order valence-corrected chi connectivity index (χ3v) is 15.5. The Morgan fingerprint density at radius 2 is 1.56 bits per heavy atom. The summed E-state index contributed by atoms with van der Waals surface area (Å²) in [6, 6.07) is 20.3. The maximum Gasteiger partial charge on any atom is 0.301 e. The molecule has 1 unspecified atom stereocenters. The number of hydrogen-bond donors (Lipinski definition) is 2. The van der Waals surface area contributed by atoms with Crippen molar-refractivity contribution in [2.24, 2.45) is 5.92 Å². The molecular formula is C49H53F2N9O7S. The highest BCUT2D eigenvalue weighted by molar-refractivity contribution is 7.90. The number of rotatable bonds is 12. The summed E-state index contributed by atoms with van der Waals surface area (Å²) in [5.74, 6) is -1.01. The van der Waals surface area contributed by atoms with Crippen molar-refractivity contribution < 1.29 is 36.3 Å². The van der Waals surface area contributed by atoms with Crippen molar-refractivity contribution in [1.82, 2.24) is 29.0 Å². The van der Waals surface area contributed by atoms with Crippen molar-refractivity contribution in [3.63, 3.8) is 0 Å². The van der Waals surface area contributed by atoms with Gasteiger partial charge in [0.2, 0.25) is 11.8 Å². The molecular weight excluding hydrogens is 897 g/mol. The molecule has 5 aromatic rings. The predicted octanol–water partition coefficient (Wildman–Crippen LogP) is 5.38. The number of anilines is 3. The third kappa shape index (κ3) is 9.01. The van der Waals surface area contributed by atoms with Gasteiger partial charge in [0.05, 0.1) is 22.3 Å². The molecule has 2 atom stereocenters. The molecule has 3 amide bonds. The van der Waals surface area contributed by atoms with Crippen LogP contribution in [0.3, 0.4) is 0 Å². The lowest BCUT2D eigenvalue weighted by atomic mass is 9.95. The number of amides is 3. The van der Waals surface area contributed by atoms with Crippen LogP contribution >= 0.6 is 0 Å². The van der Waals surface area contributed by atoms with E-state index in [0.717, 1.165) is 86.0 Å². The van der Waals surface area contributed by atoms with Gasteiger partial charge in [-0.15, -0.1) is 0 Å². The first-order chi connectivity index (χ1) is 32.8. The Morgan fingerprint density at radius 1 is 0.824 bits per heavy atom. The summed E-state index contributed by atoms with van der Waals surface area (Å²) in [7, 11) is -4.09. The van der Waals surface area contributed by atoms with Crippen LogP contribution in [0.1, 0.15) is 60.5 Å². The summed E-state index contributed by atoms with van der Waals surface area (Å²) in [5, 5.41) is 2.62. The molecule has 0 spiro atoms. The van der Waals surface area contributed by atoms with Crippen LogP contribution in [0.2, 0.25) is 0 Å². The van der Waals surface area contributed by atoms with Gasteiger partial charge in [-0.05, 0) is 116 Å². The lowest BCUT2D eigenvalue weighted by Crippen LogP contribution is -2.52. The molecule has 1 aromatic heterocycles. The lowest BCUT2D eigenvalue weighted by Gasteiger charge is -2.40. The Bertz CT molecular complexity index is 2960. The number of aromatic nitrogens is 2. The molecule has 10 rings (SSSR count). The zero-order valence-electron chi connectivity index (χ0n) is 37.7. The number of carbonyl (C=O) groups excluding carboxylic acids is 3. The monoisotopic (exact) mass is 949 g/mol. The van der Waals surface area contributed by atoms with Crippen LogP contribution in [0.4, 0.5) is 25.8 Å². The van der Waals surface area contributed by atoms with Gasteiger partial charge in [-0.3, -0.25) is 38.7 Å². The van der Waals surface area contributed by atoms with Gasteiger partial charge in [0.1, 0.15) is 24.3 Å². The van der Waals surface area contributed by atoms with Gasteiger partial charge in [0.15, 0.2) is 11.6 Å². The van der Waals surface area contributed by atoms with Gasteiger partial charge < -0.3 is 19.4 Å². The Hall–Kier alpha value is -6.44. The van der Waals surface area contributed by atoms with Crippen LogP contribution < -0.4 is 30.1 Å². The number of carbonyl (C=O) groups is 3. The number of piperidine rings is 2. The first-order valence-corrected chi connectivity index (χ1v) is 24.8. The minimum Gasteiger partial charge on any atom is -0.454 e. The molecule has 5 aliphatic rings. The molecule has 0 bridgehead atoms. The number of halogens is 2. The maximum atomic E-state index is 15.3. The minimum absolute atomic E-state index is 0.0431. The highest BCUT2D eigenvalue weighted by Gasteiger charge is 2.39. The van der Waals surface area contributed by atoms with Crippen LogP contribution in [0.5, 0.6) is 11.5 Å².